The van der Waals surface area contributed by atoms with Crippen LogP contribution in [0.5, 0.6) is 11.5 Å². The van der Waals surface area contributed by atoms with Crippen molar-refractivity contribution < 1.29 is 24.5 Å². The molecular formula is C26H23N3O5. The van der Waals surface area contributed by atoms with E-state index in [0.29, 0.717) is 30.0 Å². The number of aromatic nitrogens is 1. The number of rotatable bonds is 4. The van der Waals surface area contributed by atoms with Crippen LogP contribution in [0.1, 0.15) is 22.7 Å². The maximum absolute atomic E-state index is 13.2. The van der Waals surface area contributed by atoms with Crippen molar-refractivity contribution in [3.63, 3.8) is 0 Å². The Balaban J connectivity index is 1.65. The summed E-state index contributed by atoms with van der Waals surface area (Å²) in [5, 5.41) is 21.4. The predicted molar refractivity (Wildman–Crippen MR) is 125 cm³/mol. The van der Waals surface area contributed by atoms with Crippen LogP contribution in [0.25, 0.3) is 5.76 Å². The number of phenols is 1. The van der Waals surface area contributed by atoms with Gasteiger partial charge in [-0.25, -0.2) is 0 Å². The zero-order valence-electron chi connectivity index (χ0n) is 18.5. The molecule has 2 aromatic carbocycles. The van der Waals surface area contributed by atoms with Gasteiger partial charge in [0.1, 0.15) is 23.9 Å². The maximum atomic E-state index is 13.2. The van der Waals surface area contributed by atoms with E-state index in [1.54, 1.807) is 54.9 Å². The molecule has 2 aliphatic heterocycles. The summed E-state index contributed by atoms with van der Waals surface area (Å²) in [4.78, 5) is 33.8. The monoisotopic (exact) mass is 457 g/mol. The van der Waals surface area contributed by atoms with E-state index < -0.39 is 17.7 Å². The number of ketones is 1. The summed E-state index contributed by atoms with van der Waals surface area (Å²) in [6.45, 7) is 1.40. The Kier molecular flexibility index (Phi) is 5.41. The molecule has 172 valence electrons. The van der Waals surface area contributed by atoms with Crippen molar-refractivity contribution in [1.82, 2.24) is 9.88 Å². The van der Waals surface area contributed by atoms with Crippen LogP contribution in [-0.4, -0.2) is 52.0 Å². The number of amides is 1. The average Bonchev–Trinajstić information content (AvgIpc) is 3.09. The molecule has 1 unspecified atom stereocenters. The summed E-state index contributed by atoms with van der Waals surface area (Å²) in [6, 6.07) is 14.2. The summed E-state index contributed by atoms with van der Waals surface area (Å²) in [7, 11) is 1.92. The van der Waals surface area contributed by atoms with Crippen LogP contribution < -0.4 is 9.64 Å². The molecule has 8 heteroatoms. The zero-order chi connectivity index (χ0) is 23.8. The number of likely N-dealkylation sites (tertiary alicyclic amines) is 1. The van der Waals surface area contributed by atoms with Crippen LogP contribution in [-0.2, 0) is 16.1 Å². The number of benzene rings is 2. The number of nitrogens with zero attached hydrogens (tertiary/aromatic N) is 3. The van der Waals surface area contributed by atoms with Gasteiger partial charge in [0.15, 0.2) is 0 Å². The molecule has 1 saturated heterocycles. The van der Waals surface area contributed by atoms with Gasteiger partial charge in [0.2, 0.25) is 0 Å². The van der Waals surface area contributed by atoms with E-state index >= 15 is 0 Å². The standard InChI is InChI=1S/C26H23N3O5/c1-28-11-12-34-21-6-5-18(14-20(21)28)24(31)22-23(17-3-2-4-19(30)13-17)29(26(33)25(22)32)15-16-7-9-27-10-8-16/h2-10,13-14,23,30-31H,11-12,15H2,1H3/b24-22-. The number of aliphatic hydroxyl groups is 1. The lowest BCUT2D eigenvalue weighted by molar-refractivity contribution is -0.140. The summed E-state index contributed by atoms with van der Waals surface area (Å²) in [5.74, 6) is -1.08. The highest BCUT2D eigenvalue weighted by Crippen LogP contribution is 2.42. The normalized spacial score (nSPS) is 19.1. The number of hydrogen-bond donors (Lipinski definition) is 2. The Labute approximate surface area is 196 Å². The number of phenolic OH excluding ortho intramolecular Hbond substituents is 1. The second-order valence-electron chi connectivity index (χ2n) is 8.33. The summed E-state index contributed by atoms with van der Waals surface area (Å²) < 4.78 is 5.68. The number of aliphatic hydroxyl groups excluding tert-OH is 1. The number of likely N-dealkylation sites (N-methyl/N-ethyl adjacent to an activating group) is 1. The highest BCUT2D eigenvalue weighted by molar-refractivity contribution is 6.46. The van der Waals surface area contributed by atoms with Gasteiger partial charge in [-0.1, -0.05) is 12.1 Å². The van der Waals surface area contributed by atoms with Crippen molar-refractivity contribution in [3.8, 4) is 11.5 Å². The molecule has 0 radical (unpaired) electrons. The predicted octanol–water partition coefficient (Wildman–Crippen LogP) is 3.24. The fraction of sp³-hybridized carbons (Fsp3) is 0.192. The lowest BCUT2D eigenvalue weighted by Crippen LogP contribution is -2.29. The van der Waals surface area contributed by atoms with Gasteiger partial charge in [0.25, 0.3) is 11.7 Å². The van der Waals surface area contributed by atoms with E-state index in [9.17, 15) is 19.8 Å². The van der Waals surface area contributed by atoms with Crippen LogP contribution in [0.15, 0.2) is 72.6 Å². The second kappa shape index (κ2) is 8.55. The Morgan fingerprint density at radius 3 is 2.68 bits per heavy atom. The molecule has 1 aromatic heterocycles. The Bertz CT molecular complexity index is 1300. The molecule has 3 aromatic rings. The molecule has 0 aliphatic carbocycles. The van der Waals surface area contributed by atoms with E-state index in [1.165, 1.54) is 17.0 Å². The minimum atomic E-state index is -0.870. The highest BCUT2D eigenvalue weighted by atomic mass is 16.5. The van der Waals surface area contributed by atoms with Crippen molar-refractivity contribution >= 4 is 23.1 Å². The second-order valence-corrected chi connectivity index (χ2v) is 8.33. The molecule has 5 rings (SSSR count). The summed E-state index contributed by atoms with van der Waals surface area (Å²) in [5.41, 5.74) is 2.48. The lowest BCUT2D eigenvalue weighted by atomic mass is 9.94. The van der Waals surface area contributed by atoms with Crippen molar-refractivity contribution in [2.24, 2.45) is 0 Å². The molecule has 34 heavy (non-hydrogen) atoms. The third-order valence-corrected chi connectivity index (χ3v) is 6.16. The van der Waals surface area contributed by atoms with Crippen molar-refractivity contribution in [2.75, 3.05) is 25.1 Å². The molecule has 1 fully saturated rings. The Hall–Kier alpha value is -4.33. The lowest BCUT2D eigenvalue weighted by Gasteiger charge is -2.28. The third-order valence-electron chi connectivity index (χ3n) is 6.16. The molecular weight excluding hydrogens is 434 g/mol. The van der Waals surface area contributed by atoms with Gasteiger partial charge >= 0.3 is 0 Å². The number of aromatic hydroxyl groups is 1. The molecule has 3 heterocycles. The van der Waals surface area contributed by atoms with Gasteiger partial charge in [-0.15, -0.1) is 0 Å². The van der Waals surface area contributed by atoms with Crippen LogP contribution in [0.2, 0.25) is 0 Å². The first kappa shape index (κ1) is 21.5. The Morgan fingerprint density at radius 2 is 1.91 bits per heavy atom. The van der Waals surface area contributed by atoms with Gasteiger partial charge in [-0.3, -0.25) is 14.6 Å². The minimum absolute atomic E-state index is 0.000414. The fourth-order valence-corrected chi connectivity index (χ4v) is 4.42. The average molecular weight is 457 g/mol. The summed E-state index contributed by atoms with van der Waals surface area (Å²) >= 11 is 0. The number of carbonyl (C=O) groups excluding carboxylic acids is 2. The topological polar surface area (TPSA) is 103 Å². The van der Waals surface area contributed by atoms with E-state index in [0.717, 1.165) is 11.3 Å². The first-order valence-electron chi connectivity index (χ1n) is 10.9. The quantitative estimate of drug-likeness (QED) is 0.352. The van der Waals surface area contributed by atoms with Crippen molar-refractivity contribution in [2.45, 2.75) is 12.6 Å². The van der Waals surface area contributed by atoms with Gasteiger partial charge < -0.3 is 24.7 Å². The van der Waals surface area contributed by atoms with E-state index in [-0.39, 0.29) is 23.6 Å². The van der Waals surface area contributed by atoms with Gasteiger partial charge in [0.05, 0.1) is 23.8 Å². The fourth-order valence-electron chi connectivity index (χ4n) is 4.42. The van der Waals surface area contributed by atoms with Crippen LogP contribution in [0.4, 0.5) is 5.69 Å². The zero-order valence-corrected chi connectivity index (χ0v) is 18.5. The molecule has 0 bridgehead atoms. The highest BCUT2D eigenvalue weighted by Gasteiger charge is 2.46. The largest absolute Gasteiger partial charge is 0.508 e. The number of anilines is 1. The molecule has 0 spiro atoms. The number of fused-ring (bicyclic) bond motifs is 1. The SMILES string of the molecule is CN1CCOc2ccc(/C(O)=C3/C(=O)C(=O)N(Cc4ccncc4)C3c3cccc(O)c3)cc21. The van der Waals surface area contributed by atoms with Gasteiger partial charge in [0, 0.05) is 31.5 Å². The molecule has 2 aliphatic rings. The molecule has 1 amide bonds. The molecule has 2 N–H and O–H groups in total. The number of hydrogen-bond acceptors (Lipinski definition) is 7. The first-order chi connectivity index (χ1) is 16.4. The van der Waals surface area contributed by atoms with E-state index in [4.69, 9.17) is 4.74 Å². The van der Waals surface area contributed by atoms with E-state index in [2.05, 4.69) is 4.98 Å². The molecule has 0 saturated carbocycles. The minimum Gasteiger partial charge on any atom is -0.508 e. The van der Waals surface area contributed by atoms with Gasteiger partial charge in [-0.05, 0) is 53.6 Å². The molecule has 8 nitrogen and oxygen atoms in total. The van der Waals surface area contributed by atoms with Crippen LogP contribution in [0, 0.1) is 0 Å². The number of Topliss-reactive ketones (excluding diaryl/α,β-unsaturated/α-hetero) is 1. The third kappa shape index (κ3) is 3.73. The number of carbonyl (C=O) groups is 2. The Morgan fingerprint density at radius 1 is 1.12 bits per heavy atom. The van der Waals surface area contributed by atoms with Gasteiger partial charge in [-0.2, -0.15) is 0 Å². The number of pyridine rings is 1. The van der Waals surface area contributed by atoms with Crippen LogP contribution in [0.3, 0.4) is 0 Å². The smallest absolute Gasteiger partial charge is 0.295 e. The maximum Gasteiger partial charge on any atom is 0.295 e. The molecule has 1 atom stereocenters. The van der Waals surface area contributed by atoms with Crippen LogP contribution >= 0.6 is 0 Å². The first-order valence-corrected chi connectivity index (χ1v) is 10.9. The van der Waals surface area contributed by atoms with E-state index in [1.807, 2.05) is 11.9 Å². The van der Waals surface area contributed by atoms with Crippen molar-refractivity contribution in [3.05, 3.63) is 89.3 Å². The van der Waals surface area contributed by atoms with Crippen molar-refractivity contribution in [1.29, 1.82) is 0 Å². The summed E-state index contributed by atoms with van der Waals surface area (Å²) in [6.07, 6.45) is 3.22. The number of ether oxygens (including phenoxy) is 1.